The van der Waals surface area contributed by atoms with Gasteiger partial charge in [-0.15, -0.1) is 24.0 Å². The van der Waals surface area contributed by atoms with Gasteiger partial charge < -0.3 is 19.9 Å². The number of guanidine groups is 1. The fourth-order valence-corrected chi connectivity index (χ4v) is 3.88. The third-order valence-corrected chi connectivity index (χ3v) is 5.82. The number of nitrogens with one attached hydrogen (secondary N) is 1. The van der Waals surface area contributed by atoms with Gasteiger partial charge in [-0.3, -0.25) is 14.7 Å². The lowest BCUT2D eigenvalue weighted by Gasteiger charge is -2.37. The SMILES string of the molecule is CCNC(=NCCc1ccc(CC)cc1)N1CCN(CC(=O)N2CCOCC2)CC1.I. The average molecular weight is 543 g/mol. The van der Waals surface area contributed by atoms with Crippen molar-refractivity contribution in [3.05, 3.63) is 35.4 Å². The van der Waals surface area contributed by atoms with E-state index in [0.717, 1.165) is 71.2 Å². The maximum atomic E-state index is 12.5. The van der Waals surface area contributed by atoms with E-state index in [1.807, 2.05) is 4.90 Å². The lowest BCUT2D eigenvalue weighted by molar-refractivity contribution is -0.136. The highest BCUT2D eigenvalue weighted by molar-refractivity contribution is 14.0. The Labute approximate surface area is 204 Å². The highest BCUT2D eigenvalue weighted by atomic mass is 127. The lowest BCUT2D eigenvalue weighted by atomic mass is 10.1. The fraction of sp³-hybridized carbons (Fsp3) is 0.652. The van der Waals surface area contributed by atoms with Crippen molar-refractivity contribution in [1.82, 2.24) is 20.0 Å². The van der Waals surface area contributed by atoms with Crippen LogP contribution < -0.4 is 5.32 Å². The van der Waals surface area contributed by atoms with E-state index in [1.54, 1.807) is 0 Å². The molecule has 1 aromatic carbocycles. The van der Waals surface area contributed by atoms with Gasteiger partial charge in [0.2, 0.25) is 5.91 Å². The maximum absolute atomic E-state index is 12.5. The third kappa shape index (κ3) is 8.23. The van der Waals surface area contributed by atoms with Crippen molar-refractivity contribution in [2.75, 3.05) is 72.1 Å². The minimum absolute atomic E-state index is 0. The Balaban J connectivity index is 0.00000341. The highest BCUT2D eigenvalue weighted by Crippen LogP contribution is 2.08. The number of carbonyl (C=O) groups excluding carboxylic acids is 1. The lowest BCUT2D eigenvalue weighted by Crippen LogP contribution is -2.55. The molecule has 0 radical (unpaired) electrons. The van der Waals surface area contributed by atoms with Gasteiger partial charge in [0.05, 0.1) is 19.8 Å². The molecule has 2 heterocycles. The van der Waals surface area contributed by atoms with Gasteiger partial charge >= 0.3 is 0 Å². The second kappa shape index (κ2) is 13.9. The van der Waals surface area contributed by atoms with Gasteiger partial charge in [0, 0.05) is 52.4 Å². The van der Waals surface area contributed by atoms with Crippen molar-refractivity contribution in [3.8, 4) is 0 Å². The Morgan fingerprint density at radius 2 is 1.61 bits per heavy atom. The second-order valence-electron chi connectivity index (χ2n) is 7.91. The molecule has 0 spiro atoms. The van der Waals surface area contributed by atoms with Crippen LogP contribution in [-0.2, 0) is 22.4 Å². The van der Waals surface area contributed by atoms with Crippen LogP contribution in [0.1, 0.15) is 25.0 Å². The number of aliphatic imine (C=N–C) groups is 1. The van der Waals surface area contributed by atoms with E-state index in [9.17, 15) is 4.79 Å². The Kier molecular flexibility index (Phi) is 11.6. The number of rotatable bonds is 7. The quantitative estimate of drug-likeness (QED) is 0.323. The number of piperazine rings is 1. The van der Waals surface area contributed by atoms with E-state index in [-0.39, 0.29) is 29.9 Å². The molecule has 0 unspecified atom stereocenters. The number of carbonyl (C=O) groups is 1. The summed E-state index contributed by atoms with van der Waals surface area (Å²) in [7, 11) is 0. The maximum Gasteiger partial charge on any atom is 0.236 e. The first kappa shape index (κ1) is 25.9. The summed E-state index contributed by atoms with van der Waals surface area (Å²) in [4.78, 5) is 23.8. The summed E-state index contributed by atoms with van der Waals surface area (Å²) in [6.07, 6.45) is 2.03. The van der Waals surface area contributed by atoms with Crippen molar-refractivity contribution >= 4 is 35.8 Å². The molecule has 174 valence electrons. The van der Waals surface area contributed by atoms with Crippen LogP contribution in [0, 0.1) is 0 Å². The van der Waals surface area contributed by atoms with Crippen LogP contribution in [0.15, 0.2) is 29.3 Å². The minimum Gasteiger partial charge on any atom is -0.378 e. The molecule has 3 rings (SSSR count). The summed E-state index contributed by atoms with van der Waals surface area (Å²) in [6.45, 7) is 12.8. The van der Waals surface area contributed by atoms with Crippen molar-refractivity contribution in [3.63, 3.8) is 0 Å². The van der Waals surface area contributed by atoms with Gasteiger partial charge in [-0.1, -0.05) is 31.2 Å². The zero-order valence-electron chi connectivity index (χ0n) is 19.0. The third-order valence-electron chi connectivity index (χ3n) is 5.82. The second-order valence-corrected chi connectivity index (χ2v) is 7.91. The summed E-state index contributed by atoms with van der Waals surface area (Å²) in [6, 6.07) is 8.85. The molecule has 0 aromatic heterocycles. The number of halogens is 1. The Morgan fingerprint density at radius 3 is 2.23 bits per heavy atom. The van der Waals surface area contributed by atoms with E-state index in [1.165, 1.54) is 11.1 Å². The van der Waals surface area contributed by atoms with Crippen molar-refractivity contribution in [1.29, 1.82) is 0 Å². The topological polar surface area (TPSA) is 60.4 Å². The molecule has 1 N–H and O–H groups in total. The molecule has 8 heteroatoms. The number of hydrogen-bond acceptors (Lipinski definition) is 4. The predicted molar refractivity (Wildman–Crippen MR) is 136 cm³/mol. The molecule has 0 aliphatic carbocycles. The van der Waals surface area contributed by atoms with Crippen LogP contribution in [-0.4, -0.2) is 98.7 Å². The number of aryl methyl sites for hydroxylation is 1. The molecule has 1 amide bonds. The standard InChI is InChI=1S/C23H37N5O2.HI/c1-3-20-5-7-21(8-6-20)9-10-25-23(24-4-2)28-13-11-26(12-14-28)19-22(29)27-15-17-30-18-16-27;/h5-8H,3-4,9-19H2,1-2H3,(H,24,25);1H. The van der Waals surface area contributed by atoms with Gasteiger partial charge in [0.15, 0.2) is 5.96 Å². The normalized spacial score (nSPS) is 17.9. The van der Waals surface area contributed by atoms with Gasteiger partial charge in [-0.05, 0) is 30.9 Å². The number of hydrogen-bond donors (Lipinski definition) is 1. The first-order valence-electron chi connectivity index (χ1n) is 11.4. The van der Waals surface area contributed by atoms with Crippen molar-refractivity contribution in [2.24, 2.45) is 4.99 Å². The molecule has 31 heavy (non-hydrogen) atoms. The summed E-state index contributed by atoms with van der Waals surface area (Å²) in [5, 5.41) is 3.43. The molecule has 0 saturated carbocycles. The zero-order chi connectivity index (χ0) is 21.2. The van der Waals surface area contributed by atoms with E-state index in [0.29, 0.717) is 19.8 Å². The first-order valence-corrected chi connectivity index (χ1v) is 11.4. The van der Waals surface area contributed by atoms with Gasteiger partial charge in [-0.25, -0.2) is 0 Å². The Bertz CT molecular complexity index is 684. The predicted octanol–water partition coefficient (Wildman–Crippen LogP) is 1.85. The number of morpholine rings is 1. The molecule has 1 aromatic rings. The number of benzene rings is 1. The molecular formula is C23H38IN5O2. The van der Waals surface area contributed by atoms with Crippen LogP contribution in [0.3, 0.4) is 0 Å². The molecule has 2 saturated heterocycles. The molecule has 0 bridgehead atoms. The summed E-state index contributed by atoms with van der Waals surface area (Å²) < 4.78 is 5.34. The van der Waals surface area contributed by atoms with Crippen LogP contribution >= 0.6 is 24.0 Å². The van der Waals surface area contributed by atoms with E-state index in [2.05, 4.69) is 53.2 Å². The number of amides is 1. The molecule has 7 nitrogen and oxygen atoms in total. The van der Waals surface area contributed by atoms with Crippen molar-refractivity contribution < 1.29 is 9.53 Å². The Hall–Kier alpha value is -1.39. The summed E-state index contributed by atoms with van der Waals surface area (Å²) in [5.74, 6) is 1.21. The van der Waals surface area contributed by atoms with Gasteiger partial charge in [-0.2, -0.15) is 0 Å². The van der Waals surface area contributed by atoms with E-state index >= 15 is 0 Å². The van der Waals surface area contributed by atoms with Crippen LogP contribution in [0.4, 0.5) is 0 Å². The molecule has 2 aliphatic rings. The fourth-order valence-electron chi connectivity index (χ4n) is 3.88. The zero-order valence-corrected chi connectivity index (χ0v) is 21.3. The molecule has 2 fully saturated rings. The monoisotopic (exact) mass is 543 g/mol. The first-order chi connectivity index (χ1) is 14.7. The minimum atomic E-state index is 0. The molecule has 2 aliphatic heterocycles. The Morgan fingerprint density at radius 1 is 0.968 bits per heavy atom. The summed E-state index contributed by atoms with van der Waals surface area (Å²) in [5.41, 5.74) is 2.71. The van der Waals surface area contributed by atoms with E-state index in [4.69, 9.17) is 9.73 Å². The molecule has 0 atom stereocenters. The smallest absolute Gasteiger partial charge is 0.236 e. The van der Waals surface area contributed by atoms with Crippen LogP contribution in [0.2, 0.25) is 0 Å². The van der Waals surface area contributed by atoms with Gasteiger partial charge in [0.1, 0.15) is 0 Å². The molecular weight excluding hydrogens is 505 g/mol. The highest BCUT2D eigenvalue weighted by Gasteiger charge is 2.24. The van der Waals surface area contributed by atoms with Crippen molar-refractivity contribution in [2.45, 2.75) is 26.7 Å². The van der Waals surface area contributed by atoms with Crippen LogP contribution in [0.25, 0.3) is 0 Å². The van der Waals surface area contributed by atoms with Gasteiger partial charge in [0.25, 0.3) is 0 Å². The van der Waals surface area contributed by atoms with E-state index < -0.39 is 0 Å². The van der Waals surface area contributed by atoms with Crippen LogP contribution in [0.5, 0.6) is 0 Å². The average Bonchev–Trinajstić information content (AvgIpc) is 2.80. The number of nitrogens with zero attached hydrogens (tertiary/aromatic N) is 4. The summed E-state index contributed by atoms with van der Waals surface area (Å²) >= 11 is 0. The largest absolute Gasteiger partial charge is 0.378 e. The number of ether oxygens (including phenoxy) is 1.